The molecule has 5 aromatic carbocycles. The third-order valence-corrected chi connectivity index (χ3v) is 7.64. The first-order valence-electron chi connectivity index (χ1n) is 12.0. The predicted molar refractivity (Wildman–Crippen MR) is 144 cm³/mol. The van der Waals surface area contributed by atoms with Crippen LogP contribution < -0.4 is 0 Å². The molecule has 0 saturated heterocycles. The standard InChI is InChI=1S/C33H25N/c1-33(2)29-9-5-3-7-25(29)26-17-15-23(19-30(26)33)21-11-13-22(14-12-21)24-16-18-28-27-8-4-6-10-31(27)34-32(28)20-24/h3-20,34H,1-2H3. The fraction of sp³-hybridized carbons (Fsp3) is 0.0909. The van der Waals surface area contributed by atoms with Gasteiger partial charge < -0.3 is 4.98 Å². The molecule has 34 heavy (non-hydrogen) atoms. The first kappa shape index (κ1) is 19.4. The Morgan fingerprint density at radius 2 is 1.06 bits per heavy atom. The lowest BCUT2D eigenvalue weighted by molar-refractivity contribution is 0.660. The number of aromatic amines is 1. The largest absolute Gasteiger partial charge is 0.354 e. The molecule has 1 N–H and O–H groups in total. The second-order valence-electron chi connectivity index (χ2n) is 9.94. The molecule has 0 saturated carbocycles. The Labute approximate surface area is 199 Å². The number of hydrogen-bond acceptors (Lipinski definition) is 0. The fourth-order valence-corrected chi connectivity index (χ4v) is 5.77. The van der Waals surface area contributed by atoms with Crippen LogP contribution in [0.25, 0.3) is 55.2 Å². The van der Waals surface area contributed by atoms with E-state index in [2.05, 4.69) is 128 Å². The molecule has 7 rings (SSSR count). The monoisotopic (exact) mass is 435 g/mol. The fourth-order valence-electron chi connectivity index (χ4n) is 5.77. The molecule has 0 bridgehead atoms. The van der Waals surface area contributed by atoms with Gasteiger partial charge in [0.25, 0.3) is 0 Å². The Morgan fingerprint density at radius 3 is 1.88 bits per heavy atom. The van der Waals surface area contributed by atoms with Crippen molar-refractivity contribution in [2.24, 2.45) is 0 Å². The van der Waals surface area contributed by atoms with Crippen molar-refractivity contribution in [1.29, 1.82) is 0 Å². The van der Waals surface area contributed by atoms with Crippen LogP contribution in [-0.4, -0.2) is 4.98 Å². The van der Waals surface area contributed by atoms with Crippen molar-refractivity contribution < 1.29 is 0 Å². The lowest BCUT2D eigenvalue weighted by atomic mass is 9.81. The first-order valence-corrected chi connectivity index (χ1v) is 12.0. The minimum Gasteiger partial charge on any atom is -0.354 e. The van der Waals surface area contributed by atoms with Gasteiger partial charge in [0.15, 0.2) is 0 Å². The number of hydrogen-bond donors (Lipinski definition) is 1. The van der Waals surface area contributed by atoms with E-state index in [4.69, 9.17) is 0 Å². The lowest BCUT2D eigenvalue weighted by Crippen LogP contribution is -2.14. The van der Waals surface area contributed by atoms with Crippen LogP contribution in [0.4, 0.5) is 0 Å². The van der Waals surface area contributed by atoms with E-state index in [1.165, 1.54) is 66.3 Å². The van der Waals surface area contributed by atoms with E-state index >= 15 is 0 Å². The van der Waals surface area contributed by atoms with Gasteiger partial charge in [-0.1, -0.05) is 105 Å². The molecule has 0 spiro atoms. The molecule has 1 aliphatic carbocycles. The third kappa shape index (κ3) is 2.74. The van der Waals surface area contributed by atoms with Crippen LogP contribution in [0.1, 0.15) is 25.0 Å². The Hall–Kier alpha value is -4.10. The molecule has 1 aliphatic rings. The molecule has 1 nitrogen and oxygen atoms in total. The molecular weight excluding hydrogens is 410 g/mol. The number of nitrogens with one attached hydrogen (secondary N) is 1. The smallest absolute Gasteiger partial charge is 0.0471 e. The van der Waals surface area contributed by atoms with Crippen molar-refractivity contribution in [3.63, 3.8) is 0 Å². The summed E-state index contributed by atoms with van der Waals surface area (Å²) in [7, 11) is 0. The summed E-state index contributed by atoms with van der Waals surface area (Å²) in [4.78, 5) is 3.56. The maximum absolute atomic E-state index is 3.56. The Bertz CT molecular complexity index is 1710. The van der Waals surface area contributed by atoms with Crippen LogP contribution in [0.5, 0.6) is 0 Å². The van der Waals surface area contributed by atoms with E-state index in [9.17, 15) is 0 Å². The molecule has 0 fully saturated rings. The molecule has 1 heterocycles. The van der Waals surface area contributed by atoms with Crippen LogP contribution in [0.3, 0.4) is 0 Å². The van der Waals surface area contributed by atoms with Gasteiger partial charge in [-0.25, -0.2) is 0 Å². The highest BCUT2D eigenvalue weighted by Crippen LogP contribution is 2.49. The van der Waals surface area contributed by atoms with E-state index in [0.29, 0.717) is 0 Å². The predicted octanol–water partition coefficient (Wildman–Crippen LogP) is 8.96. The summed E-state index contributed by atoms with van der Waals surface area (Å²) in [6.07, 6.45) is 0. The van der Waals surface area contributed by atoms with Crippen molar-refractivity contribution in [3.05, 3.63) is 120 Å². The zero-order valence-corrected chi connectivity index (χ0v) is 19.4. The average Bonchev–Trinajstić information content (AvgIpc) is 3.36. The Kier molecular flexibility index (Phi) is 3.96. The molecule has 0 unspecified atom stereocenters. The Morgan fingerprint density at radius 1 is 0.471 bits per heavy atom. The highest BCUT2D eigenvalue weighted by molar-refractivity contribution is 6.08. The molecule has 1 heteroatoms. The van der Waals surface area contributed by atoms with E-state index in [1.807, 2.05) is 0 Å². The summed E-state index contributed by atoms with van der Waals surface area (Å²) in [5, 5.41) is 2.55. The van der Waals surface area contributed by atoms with Crippen molar-refractivity contribution in [2.75, 3.05) is 0 Å². The molecule has 0 radical (unpaired) electrons. The van der Waals surface area contributed by atoms with Crippen LogP contribution >= 0.6 is 0 Å². The van der Waals surface area contributed by atoms with Crippen LogP contribution in [-0.2, 0) is 5.41 Å². The number of aromatic nitrogens is 1. The van der Waals surface area contributed by atoms with Gasteiger partial charge >= 0.3 is 0 Å². The molecule has 162 valence electrons. The van der Waals surface area contributed by atoms with Crippen molar-refractivity contribution in [2.45, 2.75) is 19.3 Å². The maximum Gasteiger partial charge on any atom is 0.0471 e. The zero-order valence-electron chi connectivity index (χ0n) is 19.4. The molecular formula is C33H25N. The van der Waals surface area contributed by atoms with Crippen molar-refractivity contribution in [1.82, 2.24) is 4.98 Å². The Balaban J connectivity index is 1.26. The lowest BCUT2D eigenvalue weighted by Gasteiger charge is -2.22. The van der Waals surface area contributed by atoms with Gasteiger partial charge in [-0.15, -0.1) is 0 Å². The zero-order chi connectivity index (χ0) is 22.9. The summed E-state index contributed by atoms with van der Waals surface area (Å²) in [6, 6.07) is 40.0. The van der Waals surface area contributed by atoms with Crippen molar-refractivity contribution >= 4 is 21.8 Å². The minimum absolute atomic E-state index is 0.0247. The summed E-state index contributed by atoms with van der Waals surface area (Å²) >= 11 is 0. The second kappa shape index (κ2) is 6.95. The van der Waals surface area contributed by atoms with Crippen LogP contribution in [0.2, 0.25) is 0 Å². The molecule has 0 aliphatic heterocycles. The van der Waals surface area contributed by atoms with E-state index in [1.54, 1.807) is 0 Å². The normalized spacial score (nSPS) is 13.8. The number of para-hydroxylation sites is 1. The van der Waals surface area contributed by atoms with E-state index in [-0.39, 0.29) is 5.41 Å². The van der Waals surface area contributed by atoms with Gasteiger partial charge in [-0.3, -0.25) is 0 Å². The summed E-state index contributed by atoms with van der Waals surface area (Å²) in [5.41, 5.74) is 13.0. The van der Waals surface area contributed by atoms with Gasteiger partial charge in [0.05, 0.1) is 0 Å². The number of H-pyrrole nitrogens is 1. The first-order chi connectivity index (χ1) is 16.6. The van der Waals surface area contributed by atoms with Crippen LogP contribution in [0, 0.1) is 0 Å². The third-order valence-electron chi connectivity index (χ3n) is 7.64. The van der Waals surface area contributed by atoms with Crippen LogP contribution in [0.15, 0.2) is 109 Å². The van der Waals surface area contributed by atoms with Gasteiger partial charge in [-0.2, -0.15) is 0 Å². The molecule has 6 aromatic rings. The van der Waals surface area contributed by atoms with Gasteiger partial charge in [0, 0.05) is 27.2 Å². The maximum atomic E-state index is 3.56. The number of rotatable bonds is 2. The second-order valence-corrected chi connectivity index (χ2v) is 9.94. The average molecular weight is 436 g/mol. The SMILES string of the molecule is CC1(C)c2ccccc2-c2ccc(-c3ccc(-c4ccc5c(c4)[nH]c4ccccc45)cc3)cc21. The quantitative estimate of drug-likeness (QED) is 0.279. The topological polar surface area (TPSA) is 15.8 Å². The summed E-state index contributed by atoms with van der Waals surface area (Å²) in [5.74, 6) is 0. The number of fused-ring (bicyclic) bond motifs is 6. The summed E-state index contributed by atoms with van der Waals surface area (Å²) < 4.78 is 0. The van der Waals surface area contributed by atoms with Gasteiger partial charge in [0.1, 0.15) is 0 Å². The number of benzene rings is 5. The van der Waals surface area contributed by atoms with E-state index in [0.717, 1.165) is 0 Å². The minimum atomic E-state index is 0.0247. The highest BCUT2D eigenvalue weighted by Gasteiger charge is 2.35. The van der Waals surface area contributed by atoms with E-state index < -0.39 is 0 Å². The van der Waals surface area contributed by atoms with Gasteiger partial charge in [-0.05, 0) is 62.7 Å². The molecule has 0 amide bonds. The highest BCUT2D eigenvalue weighted by atomic mass is 14.7. The van der Waals surface area contributed by atoms with Gasteiger partial charge in [0.2, 0.25) is 0 Å². The van der Waals surface area contributed by atoms with Crippen molar-refractivity contribution in [3.8, 4) is 33.4 Å². The molecule has 1 aromatic heterocycles. The summed E-state index contributed by atoms with van der Waals surface area (Å²) in [6.45, 7) is 4.68. The molecule has 0 atom stereocenters.